The van der Waals surface area contributed by atoms with E-state index in [4.69, 9.17) is 5.11 Å². The van der Waals surface area contributed by atoms with Crippen LogP contribution in [-0.4, -0.2) is 33.6 Å². The van der Waals surface area contributed by atoms with Crippen molar-refractivity contribution in [2.24, 2.45) is 0 Å². The van der Waals surface area contributed by atoms with Gasteiger partial charge in [-0.1, -0.05) is 19.3 Å². The molecule has 0 spiro atoms. The lowest BCUT2D eigenvalue weighted by molar-refractivity contribution is 0.0933. The van der Waals surface area contributed by atoms with E-state index in [0.717, 1.165) is 32.1 Å². The summed E-state index contributed by atoms with van der Waals surface area (Å²) in [6, 6.07) is 0.160. The maximum Gasteiger partial charge on any atom is 0.271 e. The summed E-state index contributed by atoms with van der Waals surface area (Å²) in [7, 11) is 0. The monoisotopic (exact) mass is 239 g/mol. The van der Waals surface area contributed by atoms with Crippen LogP contribution >= 0.6 is 0 Å². The molecule has 1 aromatic rings. The molecular formula is C12H21N3O2. The molecule has 96 valence electrons. The second-order valence-electron chi connectivity index (χ2n) is 4.26. The van der Waals surface area contributed by atoms with Crippen LogP contribution in [-0.2, 0) is 0 Å². The lowest BCUT2D eigenvalue weighted by Crippen LogP contribution is -2.32. The number of nitrogens with zero attached hydrogens (tertiary/aromatic N) is 1. The molecule has 0 bridgehead atoms. The highest BCUT2D eigenvalue weighted by Crippen LogP contribution is 2.05. The third-order valence-electron chi connectivity index (χ3n) is 2.65. The molecule has 5 heteroatoms. The van der Waals surface area contributed by atoms with Gasteiger partial charge in [-0.05, 0) is 19.8 Å². The molecule has 0 aliphatic heterocycles. The molecule has 1 atom stereocenters. The van der Waals surface area contributed by atoms with E-state index in [1.165, 1.54) is 6.33 Å². The number of aliphatic hydroxyl groups excluding tert-OH is 1. The molecule has 1 unspecified atom stereocenters. The number of hydrogen-bond donors (Lipinski definition) is 3. The van der Waals surface area contributed by atoms with E-state index < -0.39 is 0 Å². The van der Waals surface area contributed by atoms with Crippen LogP contribution in [0.4, 0.5) is 0 Å². The number of aliphatic hydroxyl groups is 1. The third-order valence-corrected chi connectivity index (χ3v) is 2.65. The van der Waals surface area contributed by atoms with Gasteiger partial charge in [0, 0.05) is 18.8 Å². The van der Waals surface area contributed by atoms with Crippen molar-refractivity contribution in [2.75, 3.05) is 6.61 Å². The van der Waals surface area contributed by atoms with E-state index in [-0.39, 0.29) is 18.6 Å². The summed E-state index contributed by atoms with van der Waals surface area (Å²) < 4.78 is 0. The molecule has 0 radical (unpaired) electrons. The summed E-state index contributed by atoms with van der Waals surface area (Å²) in [6.07, 6.45) is 8.13. The van der Waals surface area contributed by atoms with Crippen LogP contribution in [0.25, 0.3) is 0 Å². The Hall–Kier alpha value is -1.36. The Kier molecular flexibility index (Phi) is 6.32. The number of rotatable bonds is 8. The molecule has 17 heavy (non-hydrogen) atoms. The summed E-state index contributed by atoms with van der Waals surface area (Å²) in [4.78, 5) is 18.3. The molecule has 0 fully saturated rings. The first-order valence-electron chi connectivity index (χ1n) is 6.14. The average molecular weight is 239 g/mol. The van der Waals surface area contributed by atoms with E-state index in [2.05, 4.69) is 15.3 Å². The van der Waals surface area contributed by atoms with Gasteiger partial charge in [0.2, 0.25) is 0 Å². The Bertz CT molecular complexity index is 312. The normalized spacial score (nSPS) is 12.4. The quantitative estimate of drug-likeness (QED) is 0.601. The van der Waals surface area contributed by atoms with Gasteiger partial charge in [0.25, 0.3) is 5.91 Å². The number of carbonyl (C=O) groups is 1. The first-order valence-corrected chi connectivity index (χ1v) is 6.14. The van der Waals surface area contributed by atoms with Gasteiger partial charge < -0.3 is 15.4 Å². The zero-order valence-corrected chi connectivity index (χ0v) is 10.3. The minimum absolute atomic E-state index is 0.130. The Morgan fingerprint density at radius 1 is 1.47 bits per heavy atom. The van der Waals surface area contributed by atoms with Crippen LogP contribution in [0.15, 0.2) is 12.5 Å². The second kappa shape index (κ2) is 7.84. The van der Waals surface area contributed by atoms with Gasteiger partial charge >= 0.3 is 0 Å². The first-order chi connectivity index (χ1) is 8.24. The molecule has 0 saturated carbocycles. The molecule has 0 aliphatic carbocycles. The summed E-state index contributed by atoms with van der Waals surface area (Å²) in [5.41, 5.74) is 0.428. The van der Waals surface area contributed by atoms with Crippen LogP contribution in [0.3, 0.4) is 0 Å². The number of aromatic amines is 1. The SMILES string of the molecule is CC(CCCCCCO)NC(=O)c1c[nH]cn1. The standard InChI is InChI=1S/C12H21N3O2/c1-10(6-4-2-3-5-7-16)15-12(17)11-8-13-9-14-11/h8-10,16H,2-7H2,1H3,(H,13,14)(H,15,17). The fourth-order valence-corrected chi connectivity index (χ4v) is 1.67. The molecule has 5 nitrogen and oxygen atoms in total. The number of imidazole rings is 1. The Labute approximate surface area is 102 Å². The number of aromatic nitrogens is 2. The lowest BCUT2D eigenvalue weighted by atomic mass is 10.1. The van der Waals surface area contributed by atoms with Gasteiger partial charge in [-0.2, -0.15) is 0 Å². The predicted molar refractivity (Wildman–Crippen MR) is 65.7 cm³/mol. The van der Waals surface area contributed by atoms with Gasteiger partial charge in [-0.3, -0.25) is 4.79 Å². The molecule has 1 heterocycles. The van der Waals surface area contributed by atoms with Crippen molar-refractivity contribution in [3.8, 4) is 0 Å². The summed E-state index contributed by atoms with van der Waals surface area (Å²) in [6.45, 7) is 2.27. The molecule has 1 aromatic heterocycles. The highest BCUT2D eigenvalue weighted by atomic mass is 16.2. The van der Waals surface area contributed by atoms with Gasteiger partial charge in [0.05, 0.1) is 6.33 Å². The topological polar surface area (TPSA) is 78.0 Å². The number of H-pyrrole nitrogens is 1. The van der Waals surface area contributed by atoms with Crippen molar-refractivity contribution >= 4 is 5.91 Å². The van der Waals surface area contributed by atoms with Gasteiger partial charge in [0.1, 0.15) is 5.69 Å². The van der Waals surface area contributed by atoms with E-state index >= 15 is 0 Å². The first kappa shape index (κ1) is 13.7. The summed E-state index contributed by atoms with van der Waals surface area (Å²) in [5, 5.41) is 11.5. The van der Waals surface area contributed by atoms with E-state index in [1.807, 2.05) is 6.92 Å². The number of hydrogen-bond acceptors (Lipinski definition) is 3. The highest BCUT2D eigenvalue weighted by molar-refractivity contribution is 5.92. The average Bonchev–Trinajstić information content (AvgIpc) is 2.82. The Morgan fingerprint density at radius 3 is 2.88 bits per heavy atom. The zero-order chi connectivity index (χ0) is 12.5. The molecule has 0 aliphatic rings. The minimum atomic E-state index is -0.130. The van der Waals surface area contributed by atoms with Crippen LogP contribution in [0.2, 0.25) is 0 Å². The van der Waals surface area contributed by atoms with Crippen molar-refractivity contribution in [3.63, 3.8) is 0 Å². The van der Waals surface area contributed by atoms with Crippen molar-refractivity contribution < 1.29 is 9.90 Å². The molecule has 3 N–H and O–H groups in total. The number of carbonyl (C=O) groups excluding carboxylic acids is 1. The van der Waals surface area contributed by atoms with Crippen LogP contribution in [0.5, 0.6) is 0 Å². The second-order valence-corrected chi connectivity index (χ2v) is 4.26. The maximum absolute atomic E-state index is 11.6. The number of nitrogens with one attached hydrogen (secondary N) is 2. The van der Waals surface area contributed by atoms with Crippen molar-refractivity contribution in [3.05, 3.63) is 18.2 Å². The van der Waals surface area contributed by atoms with Crippen LogP contribution < -0.4 is 5.32 Å². The van der Waals surface area contributed by atoms with Crippen molar-refractivity contribution in [1.82, 2.24) is 15.3 Å². The van der Waals surface area contributed by atoms with Gasteiger partial charge in [-0.15, -0.1) is 0 Å². The molecule has 0 aromatic carbocycles. The Morgan fingerprint density at radius 2 is 2.24 bits per heavy atom. The minimum Gasteiger partial charge on any atom is -0.396 e. The number of unbranched alkanes of at least 4 members (excludes halogenated alkanes) is 3. The zero-order valence-electron chi connectivity index (χ0n) is 10.3. The van der Waals surface area contributed by atoms with E-state index in [1.54, 1.807) is 6.20 Å². The van der Waals surface area contributed by atoms with Gasteiger partial charge in [-0.25, -0.2) is 4.98 Å². The fourth-order valence-electron chi connectivity index (χ4n) is 1.67. The van der Waals surface area contributed by atoms with Crippen LogP contribution in [0.1, 0.15) is 49.5 Å². The molecule has 1 rings (SSSR count). The van der Waals surface area contributed by atoms with Crippen molar-refractivity contribution in [1.29, 1.82) is 0 Å². The maximum atomic E-state index is 11.6. The van der Waals surface area contributed by atoms with E-state index in [9.17, 15) is 4.79 Å². The smallest absolute Gasteiger partial charge is 0.271 e. The van der Waals surface area contributed by atoms with Crippen molar-refractivity contribution in [2.45, 2.75) is 45.1 Å². The summed E-state index contributed by atoms with van der Waals surface area (Å²) >= 11 is 0. The fraction of sp³-hybridized carbons (Fsp3) is 0.667. The molecular weight excluding hydrogens is 218 g/mol. The molecule has 0 saturated heterocycles. The summed E-state index contributed by atoms with van der Waals surface area (Å²) in [5.74, 6) is -0.130. The Balaban J connectivity index is 2.12. The third kappa shape index (κ3) is 5.49. The van der Waals surface area contributed by atoms with Gasteiger partial charge in [0.15, 0.2) is 0 Å². The molecule has 1 amide bonds. The highest BCUT2D eigenvalue weighted by Gasteiger charge is 2.10. The number of amides is 1. The lowest BCUT2D eigenvalue weighted by Gasteiger charge is -2.12. The predicted octanol–water partition coefficient (Wildman–Crippen LogP) is 1.47. The van der Waals surface area contributed by atoms with Crippen LogP contribution in [0, 0.1) is 0 Å². The largest absolute Gasteiger partial charge is 0.396 e. The van der Waals surface area contributed by atoms with E-state index in [0.29, 0.717) is 5.69 Å².